The van der Waals surface area contributed by atoms with E-state index in [-0.39, 0.29) is 17.6 Å². The van der Waals surface area contributed by atoms with Crippen molar-refractivity contribution in [2.75, 3.05) is 57.3 Å². The summed E-state index contributed by atoms with van der Waals surface area (Å²) >= 11 is 0. The molecule has 0 spiro atoms. The summed E-state index contributed by atoms with van der Waals surface area (Å²) in [6, 6.07) is 6.70. The van der Waals surface area contributed by atoms with Gasteiger partial charge in [-0.05, 0) is 50.2 Å². The first-order valence-corrected chi connectivity index (χ1v) is 8.94. The SMILES string of the molecule is O=C(NCCN1CCN(c2ccc(F)cc2)CC1)C1CCNCC1. The number of halogens is 1. The van der Waals surface area contributed by atoms with Gasteiger partial charge in [0, 0.05) is 50.9 Å². The maximum absolute atomic E-state index is 13.0. The standard InChI is InChI=1S/C18H27FN4O/c19-16-1-3-17(4-2-16)23-13-11-22(12-14-23)10-9-21-18(24)15-5-7-20-8-6-15/h1-4,15,20H,5-14H2,(H,21,24). The zero-order valence-electron chi connectivity index (χ0n) is 14.1. The molecule has 0 atom stereocenters. The molecule has 0 bridgehead atoms. The summed E-state index contributed by atoms with van der Waals surface area (Å²) in [5.41, 5.74) is 1.08. The van der Waals surface area contributed by atoms with Gasteiger partial charge >= 0.3 is 0 Å². The zero-order chi connectivity index (χ0) is 16.8. The highest BCUT2D eigenvalue weighted by atomic mass is 19.1. The smallest absolute Gasteiger partial charge is 0.223 e. The molecule has 2 fully saturated rings. The molecule has 6 heteroatoms. The van der Waals surface area contributed by atoms with Crippen LogP contribution in [-0.2, 0) is 4.79 Å². The second-order valence-corrected chi connectivity index (χ2v) is 6.62. The summed E-state index contributed by atoms with van der Waals surface area (Å²) in [5, 5.41) is 6.37. The van der Waals surface area contributed by atoms with Crippen LogP contribution >= 0.6 is 0 Å². The normalized spacial score (nSPS) is 20.1. The van der Waals surface area contributed by atoms with Gasteiger partial charge in [0.25, 0.3) is 0 Å². The van der Waals surface area contributed by atoms with Crippen molar-refractivity contribution >= 4 is 11.6 Å². The molecule has 0 unspecified atom stereocenters. The first-order chi connectivity index (χ1) is 11.7. The zero-order valence-corrected chi connectivity index (χ0v) is 14.1. The monoisotopic (exact) mass is 334 g/mol. The van der Waals surface area contributed by atoms with Gasteiger partial charge in [0.15, 0.2) is 0 Å². The molecule has 0 radical (unpaired) electrons. The summed E-state index contributed by atoms with van der Waals surface area (Å²) < 4.78 is 13.0. The summed E-state index contributed by atoms with van der Waals surface area (Å²) in [4.78, 5) is 16.8. The van der Waals surface area contributed by atoms with E-state index in [1.165, 1.54) is 12.1 Å². The fourth-order valence-electron chi connectivity index (χ4n) is 3.45. The van der Waals surface area contributed by atoms with Crippen LogP contribution in [0, 0.1) is 11.7 Å². The maximum Gasteiger partial charge on any atom is 0.223 e. The van der Waals surface area contributed by atoms with Crippen LogP contribution in [-0.4, -0.2) is 63.2 Å². The molecular weight excluding hydrogens is 307 g/mol. The van der Waals surface area contributed by atoms with Crippen LogP contribution in [0.5, 0.6) is 0 Å². The number of nitrogens with one attached hydrogen (secondary N) is 2. The van der Waals surface area contributed by atoms with Crippen molar-refractivity contribution in [3.8, 4) is 0 Å². The van der Waals surface area contributed by atoms with E-state index < -0.39 is 0 Å². The van der Waals surface area contributed by atoms with Gasteiger partial charge in [-0.3, -0.25) is 9.69 Å². The van der Waals surface area contributed by atoms with Gasteiger partial charge in [-0.25, -0.2) is 4.39 Å². The number of benzene rings is 1. The number of hydrogen-bond acceptors (Lipinski definition) is 4. The predicted octanol–water partition coefficient (Wildman–Crippen LogP) is 1.06. The van der Waals surface area contributed by atoms with Crippen molar-refractivity contribution in [3.63, 3.8) is 0 Å². The lowest BCUT2D eigenvalue weighted by atomic mass is 9.97. The third kappa shape index (κ3) is 4.68. The molecule has 132 valence electrons. The quantitative estimate of drug-likeness (QED) is 0.845. The van der Waals surface area contributed by atoms with Gasteiger partial charge in [-0.2, -0.15) is 0 Å². The lowest BCUT2D eigenvalue weighted by Crippen LogP contribution is -2.49. The molecule has 1 aromatic rings. The van der Waals surface area contributed by atoms with E-state index in [0.717, 1.165) is 70.9 Å². The largest absolute Gasteiger partial charge is 0.369 e. The highest BCUT2D eigenvalue weighted by molar-refractivity contribution is 5.78. The molecule has 5 nitrogen and oxygen atoms in total. The lowest BCUT2D eigenvalue weighted by Gasteiger charge is -2.36. The van der Waals surface area contributed by atoms with Crippen molar-refractivity contribution in [1.82, 2.24) is 15.5 Å². The van der Waals surface area contributed by atoms with Gasteiger partial charge < -0.3 is 15.5 Å². The number of nitrogens with zero attached hydrogens (tertiary/aromatic N) is 2. The summed E-state index contributed by atoms with van der Waals surface area (Å²) in [6.45, 7) is 7.34. The molecule has 0 aliphatic carbocycles. The van der Waals surface area contributed by atoms with Crippen molar-refractivity contribution in [2.45, 2.75) is 12.8 Å². The van der Waals surface area contributed by atoms with Gasteiger partial charge in [0.1, 0.15) is 5.82 Å². The maximum atomic E-state index is 13.0. The molecule has 0 aromatic heterocycles. The van der Waals surface area contributed by atoms with Crippen molar-refractivity contribution in [1.29, 1.82) is 0 Å². The average Bonchev–Trinajstić information content (AvgIpc) is 2.64. The predicted molar refractivity (Wildman–Crippen MR) is 93.7 cm³/mol. The van der Waals surface area contributed by atoms with Gasteiger partial charge in [0.05, 0.1) is 0 Å². The minimum Gasteiger partial charge on any atom is -0.369 e. The minimum atomic E-state index is -0.193. The molecule has 24 heavy (non-hydrogen) atoms. The Hall–Kier alpha value is -1.66. The molecule has 2 heterocycles. The van der Waals surface area contributed by atoms with Crippen LogP contribution in [0.1, 0.15) is 12.8 Å². The summed E-state index contributed by atoms with van der Waals surface area (Å²) in [7, 11) is 0. The van der Waals surface area contributed by atoms with Gasteiger partial charge in [-0.15, -0.1) is 0 Å². The molecular formula is C18H27FN4O. The van der Waals surface area contributed by atoms with Crippen LogP contribution in [0.4, 0.5) is 10.1 Å². The summed E-state index contributed by atoms with van der Waals surface area (Å²) in [6.07, 6.45) is 1.89. The Balaban J connectivity index is 1.35. The van der Waals surface area contributed by atoms with E-state index >= 15 is 0 Å². The summed E-state index contributed by atoms with van der Waals surface area (Å²) in [5.74, 6) is 0.199. The Bertz CT molecular complexity index is 522. The van der Waals surface area contributed by atoms with E-state index in [1.54, 1.807) is 0 Å². The van der Waals surface area contributed by atoms with E-state index in [9.17, 15) is 9.18 Å². The number of anilines is 1. The Labute approximate surface area is 143 Å². The molecule has 2 N–H and O–H groups in total. The van der Waals surface area contributed by atoms with Crippen molar-refractivity contribution in [2.24, 2.45) is 5.92 Å². The first-order valence-electron chi connectivity index (χ1n) is 8.94. The molecule has 2 aliphatic heterocycles. The number of carbonyl (C=O) groups excluding carboxylic acids is 1. The molecule has 3 rings (SSSR count). The highest BCUT2D eigenvalue weighted by Gasteiger charge is 2.21. The van der Waals surface area contributed by atoms with Crippen molar-refractivity contribution < 1.29 is 9.18 Å². The number of piperidine rings is 1. The van der Waals surface area contributed by atoms with Gasteiger partial charge in [-0.1, -0.05) is 0 Å². The average molecular weight is 334 g/mol. The number of hydrogen-bond donors (Lipinski definition) is 2. The number of carbonyl (C=O) groups is 1. The van der Waals surface area contributed by atoms with Crippen LogP contribution in [0.3, 0.4) is 0 Å². The van der Waals surface area contributed by atoms with E-state index in [1.807, 2.05) is 12.1 Å². The Morgan fingerprint density at radius 2 is 1.79 bits per heavy atom. The van der Waals surface area contributed by atoms with E-state index in [0.29, 0.717) is 0 Å². The molecule has 2 saturated heterocycles. The number of piperazine rings is 1. The molecule has 0 saturated carbocycles. The minimum absolute atomic E-state index is 0.182. The van der Waals surface area contributed by atoms with E-state index in [4.69, 9.17) is 0 Å². The molecule has 1 aromatic carbocycles. The third-order valence-corrected chi connectivity index (χ3v) is 5.00. The Morgan fingerprint density at radius 1 is 1.12 bits per heavy atom. The number of rotatable bonds is 5. The van der Waals surface area contributed by atoms with Crippen LogP contribution in [0.25, 0.3) is 0 Å². The second-order valence-electron chi connectivity index (χ2n) is 6.62. The first kappa shape index (κ1) is 17.2. The molecule has 1 amide bonds. The highest BCUT2D eigenvalue weighted by Crippen LogP contribution is 2.16. The van der Waals surface area contributed by atoms with Gasteiger partial charge in [0.2, 0.25) is 5.91 Å². The topological polar surface area (TPSA) is 47.6 Å². The fraction of sp³-hybridized carbons (Fsp3) is 0.611. The van der Waals surface area contributed by atoms with Crippen LogP contribution in [0.2, 0.25) is 0 Å². The van der Waals surface area contributed by atoms with E-state index in [2.05, 4.69) is 20.4 Å². The fourth-order valence-corrected chi connectivity index (χ4v) is 3.45. The second kappa shape index (κ2) is 8.44. The Morgan fingerprint density at radius 3 is 2.46 bits per heavy atom. The third-order valence-electron chi connectivity index (χ3n) is 5.00. The van der Waals surface area contributed by atoms with Crippen LogP contribution < -0.4 is 15.5 Å². The van der Waals surface area contributed by atoms with Crippen molar-refractivity contribution in [3.05, 3.63) is 30.1 Å². The molecule has 2 aliphatic rings. The lowest BCUT2D eigenvalue weighted by molar-refractivity contribution is -0.125. The van der Waals surface area contributed by atoms with Crippen LogP contribution in [0.15, 0.2) is 24.3 Å². The number of amides is 1. The Kier molecular flexibility index (Phi) is 6.04.